The number of halogens is 1. The van der Waals surface area contributed by atoms with Crippen LogP contribution in [0, 0.1) is 0 Å². The molecule has 0 unspecified atom stereocenters. The summed E-state index contributed by atoms with van der Waals surface area (Å²) in [5.74, 6) is 0.936. The second kappa shape index (κ2) is 5.54. The van der Waals surface area contributed by atoms with Crippen molar-refractivity contribution in [2.24, 2.45) is 4.99 Å². The highest BCUT2D eigenvalue weighted by Gasteiger charge is 2.30. The van der Waals surface area contributed by atoms with Crippen LogP contribution in [0.4, 0.5) is 0 Å². The van der Waals surface area contributed by atoms with Crippen LogP contribution in [-0.4, -0.2) is 17.3 Å². The van der Waals surface area contributed by atoms with Crippen molar-refractivity contribution in [3.05, 3.63) is 34.9 Å². The lowest BCUT2D eigenvalue weighted by Crippen LogP contribution is -2.36. The first-order chi connectivity index (χ1) is 8.81. The van der Waals surface area contributed by atoms with Crippen LogP contribution in [0.2, 0.25) is 5.02 Å². The van der Waals surface area contributed by atoms with E-state index in [0.717, 1.165) is 15.9 Å². The Balaban J connectivity index is 1.58. The molecule has 1 N–H and O–H groups in total. The number of aliphatic imine (C=N–C) groups is 1. The van der Waals surface area contributed by atoms with Gasteiger partial charge in [-0.1, -0.05) is 48.3 Å². The minimum absolute atomic E-state index is 0.528. The zero-order chi connectivity index (χ0) is 12.4. The molecule has 0 spiro atoms. The molecule has 1 aliphatic carbocycles. The molecule has 2 atom stereocenters. The Labute approximate surface area is 117 Å². The second-order valence-electron chi connectivity index (χ2n) is 4.96. The summed E-state index contributed by atoms with van der Waals surface area (Å²) < 4.78 is 0. The number of amidine groups is 1. The monoisotopic (exact) mass is 280 g/mol. The number of nitrogens with one attached hydrogen (secondary N) is 1. The predicted molar refractivity (Wildman–Crippen MR) is 79.4 cm³/mol. The fraction of sp³-hybridized carbons (Fsp3) is 0.500. The average Bonchev–Trinajstić information content (AvgIpc) is 2.79. The van der Waals surface area contributed by atoms with E-state index in [0.29, 0.717) is 12.1 Å². The van der Waals surface area contributed by atoms with E-state index in [1.165, 1.54) is 31.2 Å². The molecule has 0 aromatic heterocycles. The molecular weight excluding hydrogens is 264 g/mol. The Morgan fingerprint density at radius 3 is 3.06 bits per heavy atom. The minimum Gasteiger partial charge on any atom is -0.360 e. The lowest BCUT2D eigenvalue weighted by atomic mass is 9.92. The Morgan fingerprint density at radius 1 is 1.33 bits per heavy atom. The normalized spacial score (nSPS) is 26.4. The van der Waals surface area contributed by atoms with Crippen molar-refractivity contribution < 1.29 is 0 Å². The molecule has 4 heteroatoms. The maximum absolute atomic E-state index is 5.98. The maximum Gasteiger partial charge on any atom is 0.157 e. The molecule has 96 valence electrons. The molecule has 18 heavy (non-hydrogen) atoms. The quantitative estimate of drug-likeness (QED) is 0.890. The second-order valence-corrected chi connectivity index (χ2v) is 6.36. The van der Waals surface area contributed by atoms with Crippen molar-refractivity contribution in [3.8, 4) is 0 Å². The van der Waals surface area contributed by atoms with Gasteiger partial charge in [0.25, 0.3) is 0 Å². The predicted octanol–water partition coefficient (Wildman–Crippen LogP) is 3.84. The lowest BCUT2D eigenvalue weighted by Gasteiger charge is -2.23. The van der Waals surface area contributed by atoms with Crippen molar-refractivity contribution in [2.75, 3.05) is 0 Å². The highest BCUT2D eigenvalue weighted by Crippen LogP contribution is 2.28. The molecule has 2 nitrogen and oxygen atoms in total. The third kappa shape index (κ3) is 2.83. The fourth-order valence-electron chi connectivity index (χ4n) is 2.64. The molecule has 1 aliphatic heterocycles. The van der Waals surface area contributed by atoms with Crippen LogP contribution in [0.15, 0.2) is 29.3 Å². The number of nitrogens with zero attached hydrogens (tertiary/aromatic N) is 1. The van der Waals surface area contributed by atoms with E-state index in [4.69, 9.17) is 16.6 Å². The molecule has 2 aliphatic rings. The van der Waals surface area contributed by atoms with Crippen LogP contribution in [0.1, 0.15) is 31.2 Å². The number of benzene rings is 1. The molecule has 0 radical (unpaired) electrons. The van der Waals surface area contributed by atoms with Crippen LogP contribution in [0.5, 0.6) is 0 Å². The van der Waals surface area contributed by atoms with Gasteiger partial charge in [0.2, 0.25) is 0 Å². The molecular formula is C14H17ClN2S. The summed E-state index contributed by atoms with van der Waals surface area (Å²) in [4.78, 5) is 4.78. The van der Waals surface area contributed by atoms with Gasteiger partial charge in [-0.05, 0) is 30.5 Å². The SMILES string of the molecule is Clc1cccc(CSC2=N[C@H]3CCCC[C@H]3N2)c1. The third-order valence-corrected chi connectivity index (χ3v) is 4.80. The van der Waals surface area contributed by atoms with Crippen LogP contribution in [0.3, 0.4) is 0 Å². The number of thioether (sulfide) groups is 1. The van der Waals surface area contributed by atoms with Gasteiger partial charge in [0.1, 0.15) is 0 Å². The topological polar surface area (TPSA) is 24.4 Å². The number of rotatable bonds is 2. The molecule has 0 bridgehead atoms. The van der Waals surface area contributed by atoms with Gasteiger partial charge in [-0.3, -0.25) is 4.99 Å². The zero-order valence-corrected chi connectivity index (χ0v) is 11.8. The van der Waals surface area contributed by atoms with Crippen molar-refractivity contribution >= 4 is 28.5 Å². The summed E-state index contributed by atoms with van der Waals surface area (Å²) >= 11 is 7.78. The van der Waals surface area contributed by atoms with E-state index in [-0.39, 0.29) is 0 Å². The summed E-state index contributed by atoms with van der Waals surface area (Å²) in [6.07, 6.45) is 5.20. The number of fused-ring (bicyclic) bond motifs is 1. The van der Waals surface area contributed by atoms with Crippen molar-refractivity contribution in [2.45, 2.75) is 43.5 Å². The molecule has 1 aromatic rings. The Bertz CT molecular complexity index is 461. The Hall–Kier alpha value is -0.670. The van der Waals surface area contributed by atoms with E-state index in [2.05, 4.69) is 11.4 Å². The summed E-state index contributed by atoms with van der Waals surface area (Å²) in [7, 11) is 0. The van der Waals surface area contributed by atoms with E-state index in [1.807, 2.05) is 18.2 Å². The van der Waals surface area contributed by atoms with Gasteiger partial charge < -0.3 is 5.32 Å². The van der Waals surface area contributed by atoms with Crippen LogP contribution < -0.4 is 5.32 Å². The minimum atomic E-state index is 0.528. The van der Waals surface area contributed by atoms with Crippen LogP contribution in [-0.2, 0) is 5.75 Å². The molecule has 1 saturated carbocycles. The summed E-state index contributed by atoms with van der Waals surface area (Å²) in [6, 6.07) is 9.18. The summed E-state index contributed by atoms with van der Waals surface area (Å²) in [5, 5.41) is 5.48. The van der Waals surface area contributed by atoms with Gasteiger partial charge in [0.05, 0.1) is 12.1 Å². The summed E-state index contributed by atoms with van der Waals surface area (Å²) in [5.41, 5.74) is 1.26. The van der Waals surface area contributed by atoms with E-state index in [9.17, 15) is 0 Å². The third-order valence-electron chi connectivity index (χ3n) is 3.59. The highest BCUT2D eigenvalue weighted by molar-refractivity contribution is 8.13. The Morgan fingerprint density at radius 2 is 2.22 bits per heavy atom. The van der Waals surface area contributed by atoms with E-state index in [1.54, 1.807) is 11.8 Å². The van der Waals surface area contributed by atoms with Gasteiger partial charge in [-0.25, -0.2) is 0 Å². The first-order valence-electron chi connectivity index (χ1n) is 6.53. The van der Waals surface area contributed by atoms with Crippen LogP contribution >= 0.6 is 23.4 Å². The molecule has 3 rings (SSSR count). The fourth-order valence-corrected chi connectivity index (χ4v) is 3.78. The number of hydrogen-bond acceptors (Lipinski definition) is 3. The average molecular weight is 281 g/mol. The highest BCUT2D eigenvalue weighted by atomic mass is 35.5. The number of hydrogen-bond donors (Lipinski definition) is 1. The molecule has 1 heterocycles. The van der Waals surface area contributed by atoms with Gasteiger partial charge in [0.15, 0.2) is 5.17 Å². The largest absolute Gasteiger partial charge is 0.360 e. The lowest BCUT2D eigenvalue weighted by molar-refractivity contribution is 0.385. The molecule has 0 amide bonds. The van der Waals surface area contributed by atoms with Crippen molar-refractivity contribution in [1.82, 2.24) is 5.32 Å². The first kappa shape index (κ1) is 12.4. The van der Waals surface area contributed by atoms with Crippen LogP contribution in [0.25, 0.3) is 0 Å². The molecule has 1 aromatic carbocycles. The van der Waals surface area contributed by atoms with Crippen molar-refractivity contribution in [3.63, 3.8) is 0 Å². The maximum atomic E-state index is 5.98. The van der Waals surface area contributed by atoms with E-state index < -0.39 is 0 Å². The van der Waals surface area contributed by atoms with Gasteiger partial charge >= 0.3 is 0 Å². The van der Waals surface area contributed by atoms with E-state index >= 15 is 0 Å². The first-order valence-corrected chi connectivity index (χ1v) is 7.89. The van der Waals surface area contributed by atoms with Crippen molar-refractivity contribution in [1.29, 1.82) is 0 Å². The van der Waals surface area contributed by atoms with Gasteiger partial charge in [0, 0.05) is 10.8 Å². The Kier molecular flexibility index (Phi) is 3.80. The standard InChI is InChI=1S/C14H17ClN2S/c15-11-5-3-4-10(8-11)9-18-14-16-12-6-1-2-7-13(12)17-14/h3-5,8,12-13H,1-2,6-7,9H2,(H,16,17)/t12-,13+. The zero-order valence-electron chi connectivity index (χ0n) is 10.2. The summed E-state index contributed by atoms with van der Waals surface area (Å²) in [6.45, 7) is 0. The molecule has 1 fully saturated rings. The van der Waals surface area contributed by atoms with Gasteiger partial charge in [-0.15, -0.1) is 0 Å². The molecule has 0 saturated heterocycles. The van der Waals surface area contributed by atoms with Gasteiger partial charge in [-0.2, -0.15) is 0 Å². The smallest absolute Gasteiger partial charge is 0.157 e.